The molecule has 3 heteroatoms. The Labute approximate surface area is 116 Å². The first-order chi connectivity index (χ1) is 9.24. The molecule has 0 aromatic heterocycles. The normalized spacial score (nSPS) is 12.1. The van der Waals surface area contributed by atoms with Crippen LogP contribution in [0.1, 0.15) is 44.6 Å². The summed E-state index contributed by atoms with van der Waals surface area (Å²) in [5.41, 5.74) is 7.12. The predicted octanol–water partition coefficient (Wildman–Crippen LogP) is 2.64. The molecule has 0 radical (unpaired) electrons. The second kappa shape index (κ2) is 9.56. The SMILES string of the molecule is CCCCCCNC(=O)C(N)CCc1ccccc1. The van der Waals surface area contributed by atoms with Crippen molar-refractivity contribution in [2.24, 2.45) is 5.73 Å². The van der Waals surface area contributed by atoms with Gasteiger partial charge in [0.1, 0.15) is 0 Å². The van der Waals surface area contributed by atoms with E-state index in [2.05, 4.69) is 24.4 Å². The number of aryl methyl sites for hydroxylation is 1. The lowest BCUT2D eigenvalue weighted by atomic mass is 10.1. The van der Waals surface area contributed by atoms with Crippen molar-refractivity contribution in [3.63, 3.8) is 0 Å². The number of carbonyl (C=O) groups excluding carboxylic acids is 1. The molecule has 0 aliphatic rings. The number of unbranched alkanes of at least 4 members (excludes halogenated alkanes) is 3. The smallest absolute Gasteiger partial charge is 0.236 e. The predicted molar refractivity (Wildman–Crippen MR) is 79.9 cm³/mol. The standard InChI is InChI=1S/C16H26N2O/c1-2-3-4-8-13-18-16(19)15(17)12-11-14-9-6-5-7-10-14/h5-7,9-10,15H,2-4,8,11-13,17H2,1H3,(H,18,19). The Hall–Kier alpha value is -1.35. The molecule has 0 saturated carbocycles. The van der Waals surface area contributed by atoms with Crippen LogP contribution in [-0.2, 0) is 11.2 Å². The van der Waals surface area contributed by atoms with Crippen molar-refractivity contribution in [2.75, 3.05) is 6.54 Å². The minimum absolute atomic E-state index is 0.0209. The van der Waals surface area contributed by atoms with E-state index in [1.165, 1.54) is 24.8 Å². The van der Waals surface area contributed by atoms with Gasteiger partial charge in [0.05, 0.1) is 6.04 Å². The molecule has 1 aromatic carbocycles. The molecule has 0 aliphatic heterocycles. The first-order valence-corrected chi connectivity index (χ1v) is 7.31. The fourth-order valence-electron chi connectivity index (χ4n) is 1.99. The number of rotatable bonds is 9. The molecule has 1 unspecified atom stereocenters. The third-order valence-electron chi connectivity index (χ3n) is 3.25. The molecule has 19 heavy (non-hydrogen) atoms. The second-order valence-electron chi connectivity index (χ2n) is 4.98. The van der Waals surface area contributed by atoms with Crippen molar-refractivity contribution in [1.82, 2.24) is 5.32 Å². The third kappa shape index (κ3) is 6.97. The van der Waals surface area contributed by atoms with Gasteiger partial charge in [-0.15, -0.1) is 0 Å². The fourth-order valence-corrected chi connectivity index (χ4v) is 1.99. The van der Waals surface area contributed by atoms with Gasteiger partial charge in [0.2, 0.25) is 5.91 Å². The quantitative estimate of drug-likeness (QED) is 0.672. The number of nitrogens with one attached hydrogen (secondary N) is 1. The number of benzene rings is 1. The second-order valence-corrected chi connectivity index (χ2v) is 4.98. The van der Waals surface area contributed by atoms with E-state index in [1.54, 1.807) is 0 Å². The van der Waals surface area contributed by atoms with Crippen LogP contribution in [0.2, 0.25) is 0 Å². The summed E-state index contributed by atoms with van der Waals surface area (Å²) in [7, 11) is 0. The maximum absolute atomic E-state index is 11.8. The Balaban J connectivity index is 2.14. The molecule has 1 aromatic rings. The van der Waals surface area contributed by atoms with Gasteiger partial charge in [0, 0.05) is 6.54 Å². The van der Waals surface area contributed by atoms with E-state index in [9.17, 15) is 4.79 Å². The van der Waals surface area contributed by atoms with Crippen LogP contribution < -0.4 is 11.1 Å². The van der Waals surface area contributed by atoms with E-state index in [-0.39, 0.29) is 5.91 Å². The fraction of sp³-hybridized carbons (Fsp3) is 0.562. The van der Waals surface area contributed by atoms with Crippen LogP contribution in [0.4, 0.5) is 0 Å². The molecule has 3 N–H and O–H groups in total. The topological polar surface area (TPSA) is 55.1 Å². The van der Waals surface area contributed by atoms with Crippen LogP contribution in [0, 0.1) is 0 Å². The highest BCUT2D eigenvalue weighted by Crippen LogP contribution is 2.04. The molecule has 0 heterocycles. The minimum atomic E-state index is -0.397. The zero-order valence-corrected chi connectivity index (χ0v) is 11.9. The van der Waals surface area contributed by atoms with Crippen LogP contribution in [0.15, 0.2) is 30.3 Å². The molecule has 0 spiro atoms. The van der Waals surface area contributed by atoms with Gasteiger partial charge in [-0.05, 0) is 24.8 Å². The average Bonchev–Trinajstić information content (AvgIpc) is 2.45. The highest BCUT2D eigenvalue weighted by atomic mass is 16.2. The molecular weight excluding hydrogens is 236 g/mol. The highest BCUT2D eigenvalue weighted by Gasteiger charge is 2.12. The van der Waals surface area contributed by atoms with Crippen LogP contribution >= 0.6 is 0 Å². The molecule has 3 nitrogen and oxygen atoms in total. The Bertz CT molecular complexity index is 351. The number of carbonyl (C=O) groups is 1. The molecule has 106 valence electrons. The summed E-state index contributed by atoms with van der Waals surface area (Å²) >= 11 is 0. The lowest BCUT2D eigenvalue weighted by Gasteiger charge is -2.12. The maximum atomic E-state index is 11.8. The van der Waals surface area contributed by atoms with Crippen molar-refractivity contribution in [3.05, 3.63) is 35.9 Å². The molecule has 1 atom stereocenters. The Morgan fingerprint density at radius 3 is 2.63 bits per heavy atom. The van der Waals surface area contributed by atoms with E-state index in [4.69, 9.17) is 5.73 Å². The largest absolute Gasteiger partial charge is 0.355 e. The minimum Gasteiger partial charge on any atom is -0.355 e. The zero-order valence-electron chi connectivity index (χ0n) is 11.9. The van der Waals surface area contributed by atoms with E-state index >= 15 is 0 Å². The number of nitrogens with two attached hydrogens (primary N) is 1. The molecule has 1 rings (SSSR count). The third-order valence-corrected chi connectivity index (χ3v) is 3.25. The van der Waals surface area contributed by atoms with Gasteiger partial charge in [-0.25, -0.2) is 0 Å². The summed E-state index contributed by atoms with van der Waals surface area (Å²) in [4.78, 5) is 11.8. The van der Waals surface area contributed by atoms with Crippen molar-refractivity contribution >= 4 is 5.91 Å². The van der Waals surface area contributed by atoms with Crippen molar-refractivity contribution < 1.29 is 4.79 Å². The summed E-state index contributed by atoms with van der Waals surface area (Å²) in [6.07, 6.45) is 6.22. The van der Waals surface area contributed by atoms with E-state index in [0.29, 0.717) is 6.42 Å². The van der Waals surface area contributed by atoms with Crippen LogP contribution in [0.3, 0.4) is 0 Å². The van der Waals surface area contributed by atoms with Gasteiger partial charge in [-0.3, -0.25) is 4.79 Å². The molecule has 1 amide bonds. The number of hydrogen-bond donors (Lipinski definition) is 2. The van der Waals surface area contributed by atoms with Crippen LogP contribution in [0.5, 0.6) is 0 Å². The highest BCUT2D eigenvalue weighted by molar-refractivity contribution is 5.81. The van der Waals surface area contributed by atoms with Crippen LogP contribution in [-0.4, -0.2) is 18.5 Å². The Kier molecular flexibility index (Phi) is 7.91. The van der Waals surface area contributed by atoms with Crippen molar-refractivity contribution in [2.45, 2.75) is 51.5 Å². The van der Waals surface area contributed by atoms with Crippen LogP contribution in [0.25, 0.3) is 0 Å². The summed E-state index contributed by atoms with van der Waals surface area (Å²) in [5.74, 6) is -0.0209. The monoisotopic (exact) mass is 262 g/mol. The first-order valence-electron chi connectivity index (χ1n) is 7.31. The van der Waals surface area contributed by atoms with Gasteiger partial charge >= 0.3 is 0 Å². The lowest BCUT2D eigenvalue weighted by molar-refractivity contribution is -0.122. The summed E-state index contributed by atoms with van der Waals surface area (Å²) in [6.45, 7) is 2.93. The molecule has 0 bridgehead atoms. The van der Waals surface area contributed by atoms with E-state index < -0.39 is 6.04 Å². The summed E-state index contributed by atoms with van der Waals surface area (Å²) in [6, 6.07) is 9.74. The maximum Gasteiger partial charge on any atom is 0.236 e. The van der Waals surface area contributed by atoms with E-state index in [0.717, 1.165) is 19.4 Å². The Morgan fingerprint density at radius 1 is 1.21 bits per heavy atom. The molecule has 0 fully saturated rings. The zero-order chi connectivity index (χ0) is 13.9. The summed E-state index contributed by atoms with van der Waals surface area (Å²) < 4.78 is 0. The molecule has 0 aliphatic carbocycles. The van der Waals surface area contributed by atoms with Gasteiger partial charge in [0.25, 0.3) is 0 Å². The van der Waals surface area contributed by atoms with Crippen molar-refractivity contribution in [3.8, 4) is 0 Å². The van der Waals surface area contributed by atoms with Gasteiger partial charge in [-0.2, -0.15) is 0 Å². The number of amides is 1. The summed E-state index contributed by atoms with van der Waals surface area (Å²) in [5, 5.41) is 2.91. The van der Waals surface area contributed by atoms with Gasteiger partial charge in [0.15, 0.2) is 0 Å². The first kappa shape index (κ1) is 15.7. The molecular formula is C16H26N2O. The van der Waals surface area contributed by atoms with Gasteiger partial charge < -0.3 is 11.1 Å². The molecule has 0 saturated heterocycles. The average molecular weight is 262 g/mol. The lowest BCUT2D eigenvalue weighted by Crippen LogP contribution is -2.41. The van der Waals surface area contributed by atoms with Gasteiger partial charge in [-0.1, -0.05) is 56.5 Å². The van der Waals surface area contributed by atoms with Crippen molar-refractivity contribution in [1.29, 1.82) is 0 Å². The Morgan fingerprint density at radius 2 is 1.95 bits per heavy atom. The van der Waals surface area contributed by atoms with E-state index in [1.807, 2.05) is 18.2 Å². The number of hydrogen-bond acceptors (Lipinski definition) is 2.